The van der Waals surface area contributed by atoms with Crippen LogP contribution >= 0.6 is 15.9 Å². The topological polar surface area (TPSA) is 46.5 Å². The standard InChI is InChI=1S/C12H13BrF2O3/c1-2-18-8-3-4-9(10(13)7-8)12(14,15)6-5-11(16)17/h3-4,7H,2,5-6H2,1H3,(H,16,17). The summed E-state index contributed by atoms with van der Waals surface area (Å²) in [5.41, 5.74) is -0.229. The Balaban J connectivity index is 2.90. The fourth-order valence-corrected chi connectivity index (χ4v) is 2.10. The summed E-state index contributed by atoms with van der Waals surface area (Å²) in [7, 11) is 0. The maximum absolute atomic E-state index is 13.8. The Morgan fingerprint density at radius 3 is 2.67 bits per heavy atom. The van der Waals surface area contributed by atoms with Crippen LogP contribution in [0.3, 0.4) is 0 Å². The third kappa shape index (κ3) is 3.94. The van der Waals surface area contributed by atoms with E-state index in [4.69, 9.17) is 9.84 Å². The van der Waals surface area contributed by atoms with Crippen LogP contribution in [0.1, 0.15) is 25.3 Å². The molecule has 0 saturated carbocycles. The van der Waals surface area contributed by atoms with Gasteiger partial charge in [0.15, 0.2) is 0 Å². The van der Waals surface area contributed by atoms with Crippen molar-refractivity contribution in [3.63, 3.8) is 0 Å². The number of ether oxygens (including phenoxy) is 1. The number of alkyl halides is 2. The minimum absolute atomic E-state index is 0.212. The lowest BCUT2D eigenvalue weighted by Gasteiger charge is -2.18. The highest BCUT2D eigenvalue weighted by Crippen LogP contribution is 2.38. The Labute approximate surface area is 112 Å². The molecule has 0 fully saturated rings. The van der Waals surface area contributed by atoms with Gasteiger partial charge >= 0.3 is 5.97 Å². The van der Waals surface area contributed by atoms with Crippen molar-refractivity contribution < 1.29 is 23.4 Å². The summed E-state index contributed by atoms with van der Waals surface area (Å²) in [6, 6.07) is 4.14. The molecule has 0 heterocycles. The van der Waals surface area contributed by atoms with Crippen LogP contribution in [0, 0.1) is 0 Å². The van der Waals surface area contributed by atoms with Crippen molar-refractivity contribution in [2.24, 2.45) is 0 Å². The van der Waals surface area contributed by atoms with Gasteiger partial charge in [0.1, 0.15) is 5.75 Å². The van der Waals surface area contributed by atoms with Gasteiger partial charge in [-0.25, -0.2) is 8.78 Å². The molecule has 0 aliphatic rings. The van der Waals surface area contributed by atoms with E-state index in [0.29, 0.717) is 12.4 Å². The largest absolute Gasteiger partial charge is 0.494 e. The molecule has 0 aliphatic carbocycles. The number of carbonyl (C=O) groups is 1. The first kappa shape index (κ1) is 14.9. The summed E-state index contributed by atoms with van der Waals surface area (Å²) in [5, 5.41) is 8.44. The Bertz CT molecular complexity index is 435. The van der Waals surface area contributed by atoms with Crippen molar-refractivity contribution in [1.29, 1.82) is 0 Å². The number of benzene rings is 1. The van der Waals surface area contributed by atoms with E-state index >= 15 is 0 Å². The van der Waals surface area contributed by atoms with Gasteiger partial charge in [-0.15, -0.1) is 0 Å². The molecular formula is C12H13BrF2O3. The minimum Gasteiger partial charge on any atom is -0.494 e. The van der Waals surface area contributed by atoms with Crippen LogP contribution in [-0.4, -0.2) is 17.7 Å². The molecule has 1 aromatic rings. The van der Waals surface area contributed by atoms with Gasteiger partial charge < -0.3 is 9.84 Å². The van der Waals surface area contributed by atoms with Crippen LogP contribution < -0.4 is 4.74 Å². The minimum atomic E-state index is -3.18. The predicted molar refractivity (Wildman–Crippen MR) is 66.1 cm³/mol. The van der Waals surface area contributed by atoms with E-state index in [1.807, 2.05) is 0 Å². The zero-order valence-electron chi connectivity index (χ0n) is 9.75. The SMILES string of the molecule is CCOc1ccc(C(F)(F)CCC(=O)O)c(Br)c1. The molecular weight excluding hydrogens is 310 g/mol. The van der Waals surface area contributed by atoms with E-state index in [0.717, 1.165) is 0 Å². The second kappa shape index (κ2) is 6.13. The quantitative estimate of drug-likeness (QED) is 0.866. The van der Waals surface area contributed by atoms with E-state index in [1.54, 1.807) is 6.92 Å². The monoisotopic (exact) mass is 322 g/mol. The van der Waals surface area contributed by atoms with Crippen LogP contribution in [0.2, 0.25) is 0 Å². The average molecular weight is 323 g/mol. The Kier molecular flexibility index (Phi) is 5.07. The molecule has 0 saturated heterocycles. The highest BCUT2D eigenvalue weighted by Gasteiger charge is 2.34. The van der Waals surface area contributed by atoms with Crippen molar-refractivity contribution in [3.05, 3.63) is 28.2 Å². The summed E-state index contributed by atoms with van der Waals surface area (Å²) in [5.74, 6) is -3.93. The highest BCUT2D eigenvalue weighted by molar-refractivity contribution is 9.10. The molecule has 1 rings (SSSR count). The van der Waals surface area contributed by atoms with E-state index in [9.17, 15) is 13.6 Å². The molecule has 3 nitrogen and oxygen atoms in total. The molecule has 0 aliphatic heterocycles. The zero-order valence-corrected chi connectivity index (χ0v) is 11.3. The van der Waals surface area contributed by atoms with Crippen molar-refractivity contribution in [1.82, 2.24) is 0 Å². The van der Waals surface area contributed by atoms with E-state index in [-0.39, 0.29) is 10.0 Å². The maximum Gasteiger partial charge on any atom is 0.303 e. The number of hydrogen-bond acceptors (Lipinski definition) is 2. The summed E-state index contributed by atoms with van der Waals surface area (Å²) in [6.45, 7) is 2.24. The average Bonchev–Trinajstić information content (AvgIpc) is 2.27. The molecule has 6 heteroatoms. The first-order valence-electron chi connectivity index (χ1n) is 5.39. The molecule has 0 bridgehead atoms. The molecule has 1 N–H and O–H groups in total. The molecule has 1 aromatic carbocycles. The van der Waals surface area contributed by atoms with Gasteiger partial charge in [-0.2, -0.15) is 0 Å². The normalized spacial score (nSPS) is 11.3. The number of carboxylic acid groups (broad SMARTS) is 1. The lowest BCUT2D eigenvalue weighted by Crippen LogP contribution is -2.16. The number of aliphatic carboxylic acids is 1. The van der Waals surface area contributed by atoms with Gasteiger partial charge in [0.2, 0.25) is 0 Å². The third-order valence-electron chi connectivity index (χ3n) is 2.30. The first-order chi connectivity index (χ1) is 8.36. The predicted octanol–water partition coefficient (Wildman–Crippen LogP) is 3.80. The second-order valence-corrected chi connectivity index (χ2v) is 4.53. The van der Waals surface area contributed by atoms with Gasteiger partial charge in [0.25, 0.3) is 5.92 Å². The number of hydrogen-bond donors (Lipinski definition) is 1. The number of halogens is 3. The third-order valence-corrected chi connectivity index (χ3v) is 2.95. The molecule has 0 aromatic heterocycles. The highest BCUT2D eigenvalue weighted by atomic mass is 79.9. The van der Waals surface area contributed by atoms with Crippen LogP contribution in [-0.2, 0) is 10.7 Å². The van der Waals surface area contributed by atoms with Crippen molar-refractivity contribution >= 4 is 21.9 Å². The van der Waals surface area contributed by atoms with E-state index in [1.165, 1.54) is 18.2 Å². The van der Waals surface area contributed by atoms with E-state index < -0.39 is 24.7 Å². The van der Waals surface area contributed by atoms with Crippen molar-refractivity contribution in [3.8, 4) is 5.75 Å². The van der Waals surface area contributed by atoms with Crippen LogP contribution in [0.25, 0.3) is 0 Å². The Hall–Kier alpha value is -1.17. The smallest absolute Gasteiger partial charge is 0.303 e. The van der Waals surface area contributed by atoms with Crippen molar-refractivity contribution in [2.75, 3.05) is 6.61 Å². The van der Waals surface area contributed by atoms with Gasteiger partial charge in [0, 0.05) is 16.5 Å². The molecule has 18 heavy (non-hydrogen) atoms. The molecule has 0 unspecified atom stereocenters. The number of carboxylic acids is 1. The van der Waals surface area contributed by atoms with Crippen LogP contribution in [0.15, 0.2) is 22.7 Å². The fraction of sp³-hybridized carbons (Fsp3) is 0.417. The zero-order chi connectivity index (χ0) is 13.8. The first-order valence-corrected chi connectivity index (χ1v) is 6.18. The van der Waals surface area contributed by atoms with Crippen LogP contribution in [0.4, 0.5) is 8.78 Å². The lowest BCUT2D eigenvalue weighted by atomic mass is 10.0. The van der Waals surface area contributed by atoms with Gasteiger partial charge in [-0.3, -0.25) is 4.79 Å². The molecule has 0 radical (unpaired) electrons. The number of rotatable bonds is 6. The van der Waals surface area contributed by atoms with Gasteiger partial charge in [-0.1, -0.05) is 15.9 Å². The van der Waals surface area contributed by atoms with Gasteiger partial charge in [-0.05, 0) is 25.1 Å². The summed E-state index contributed by atoms with van der Waals surface area (Å²) < 4.78 is 32.9. The molecule has 0 spiro atoms. The second-order valence-electron chi connectivity index (χ2n) is 3.67. The van der Waals surface area contributed by atoms with Crippen LogP contribution in [0.5, 0.6) is 5.75 Å². The lowest BCUT2D eigenvalue weighted by molar-refractivity contribution is -0.139. The summed E-state index contributed by atoms with van der Waals surface area (Å²) in [6.07, 6.45) is -1.30. The maximum atomic E-state index is 13.8. The summed E-state index contributed by atoms with van der Waals surface area (Å²) >= 11 is 3.05. The van der Waals surface area contributed by atoms with E-state index in [2.05, 4.69) is 15.9 Å². The summed E-state index contributed by atoms with van der Waals surface area (Å²) in [4.78, 5) is 10.3. The molecule has 0 amide bonds. The Morgan fingerprint density at radius 2 is 2.17 bits per heavy atom. The molecule has 100 valence electrons. The Morgan fingerprint density at radius 1 is 1.50 bits per heavy atom. The van der Waals surface area contributed by atoms with Gasteiger partial charge in [0.05, 0.1) is 13.0 Å². The fourth-order valence-electron chi connectivity index (χ4n) is 1.45. The molecule has 0 atom stereocenters. The van der Waals surface area contributed by atoms with Crippen molar-refractivity contribution in [2.45, 2.75) is 25.7 Å².